The first-order valence-electron chi connectivity index (χ1n) is 14.0. The van der Waals surface area contributed by atoms with Crippen molar-refractivity contribution in [2.45, 2.75) is 26.5 Å². The van der Waals surface area contributed by atoms with Crippen molar-refractivity contribution in [2.24, 2.45) is 0 Å². The second kappa shape index (κ2) is 13.5. The molecule has 0 atom stereocenters. The summed E-state index contributed by atoms with van der Waals surface area (Å²) in [7, 11) is -18.8. The Morgan fingerprint density at radius 1 is 0.500 bits per heavy atom. The van der Waals surface area contributed by atoms with Gasteiger partial charge in [-0.2, -0.15) is 33.7 Å². The molecule has 5 aromatic rings. The summed E-state index contributed by atoms with van der Waals surface area (Å²) in [5, 5.41) is 0. The van der Waals surface area contributed by atoms with E-state index in [2.05, 4.69) is 0 Å². The zero-order chi connectivity index (χ0) is 36.6. The molecule has 0 heterocycles. The molecule has 50 heavy (non-hydrogen) atoms. The van der Waals surface area contributed by atoms with Gasteiger partial charge in [0.2, 0.25) is 0 Å². The van der Waals surface area contributed by atoms with Crippen LogP contribution < -0.4 is 13.7 Å². The molecule has 0 radical (unpaired) electrons. The number of hydrogen-bond acceptors (Lipinski definition) is 11. The van der Waals surface area contributed by atoms with E-state index in [-0.39, 0.29) is 22.0 Å². The number of para-hydroxylation sites is 1. The SMILES string of the molecule is COc1cc(-c2cc(Oc3ccccc3)ccc2S(=O)(=O)O)c(S(=O)(=O)O)cc1-c1cc(S(=O)(=O)O)ccc1OS(=O)(=O)c1ccc(C)cc1. The Labute approximate surface area is 287 Å². The Kier molecular flexibility index (Phi) is 9.83. The van der Waals surface area contributed by atoms with Crippen LogP contribution in [0.5, 0.6) is 23.0 Å². The third-order valence-electron chi connectivity index (χ3n) is 7.13. The Bertz CT molecular complexity index is 2550. The van der Waals surface area contributed by atoms with Crippen LogP contribution in [0.15, 0.2) is 123 Å². The Balaban J connectivity index is 1.79. The minimum atomic E-state index is -5.30. The van der Waals surface area contributed by atoms with E-state index in [1.807, 2.05) is 0 Å². The van der Waals surface area contributed by atoms with E-state index in [1.165, 1.54) is 30.3 Å². The smallest absolute Gasteiger partial charge is 0.339 e. The molecule has 0 amide bonds. The van der Waals surface area contributed by atoms with Crippen molar-refractivity contribution >= 4 is 40.5 Å². The fraction of sp³-hybridized carbons (Fsp3) is 0.0625. The van der Waals surface area contributed by atoms with Gasteiger partial charge in [0.15, 0.2) is 5.75 Å². The maximum atomic E-state index is 13.2. The van der Waals surface area contributed by atoms with E-state index in [9.17, 15) is 47.3 Å². The summed E-state index contributed by atoms with van der Waals surface area (Å²) in [6.07, 6.45) is 0. The van der Waals surface area contributed by atoms with E-state index < -0.39 is 77.6 Å². The maximum Gasteiger partial charge on any atom is 0.339 e. The normalized spacial score (nSPS) is 12.3. The fourth-order valence-corrected chi connectivity index (χ4v) is 7.67. The predicted molar refractivity (Wildman–Crippen MR) is 179 cm³/mol. The van der Waals surface area contributed by atoms with Crippen molar-refractivity contribution in [3.05, 3.63) is 109 Å². The van der Waals surface area contributed by atoms with Gasteiger partial charge >= 0.3 is 10.1 Å². The highest BCUT2D eigenvalue weighted by Crippen LogP contribution is 2.45. The van der Waals surface area contributed by atoms with Gasteiger partial charge in [0.25, 0.3) is 30.4 Å². The number of ether oxygens (including phenoxy) is 2. The van der Waals surface area contributed by atoms with Crippen LogP contribution in [0.4, 0.5) is 0 Å². The van der Waals surface area contributed by atoms with E-state index >= 15 is 0 Å². The minimum Gasteiger partial charge on any atom is -0.496 e. The molecule has 5 aromatic carbocycles. The van der Waals surface area contributed by atoms with Crippen LogP contribution in [-0.4, -0.2) is 54.4 Å². The summed E-state index contributed by atoms with van der Waals surface area (Å²) < 4.78 is 148. The van der Waals surface area contributed by atoms with Gasteiger partial charge in [0.05, 0.1) is 12.0 Å². The van der Waals surface area contributed by atoms with Crippen LogP contribution in [0, 0.1) is 6.92 Å². The third kappa shape index (κ3) is 7.97. The molecule has 262 valence electrons. The van der Waals surface area contributed by atoms with E-state index in [1.54, 1.807) is 37.3 Å². The van der Waals surface area contributed by atoms with Crippen LogP contribution in [-0.2, 0) is 40.5 Å². The molecular weight excluding hydrogens is 737 g/mol. The lowest BCUT2D eigenvalue weighted by Crippen LogP contribution is -2.11. The van der Waals surface area contributed by atoms with Gasteiger partial charge in [-0.25, -0.2) is 0 Å². The monoisotopic (exact) mass is 762 g/mol. The summed E-state index contributed by atoms with van der Waals surface area (Å²) in [6, 6.07) is 21.1. The zero-order valence-electron chi connectivity index (χ0n) is 25.8. The molecule has 18 heteroatoms. The largest absolute Gasteiger partial charge is 0.496 e. The second-order valence-electron chi connectivity index (χ2n) is 10.6. The minimum absolute atomic E-state index is 0.0132. The molecule has 0 bridgehead atoms. The van der Waals surface area contributed by atoms with Crippen molar-refractivity contribution in [1.82, 2.24) is 0 Å². The first kappa shape index (κ1) is 36.5. The zero-order valence-corrected chi connectivity index (χ0v) is 29.0. The summed E-state index contributed by atoms with van der Waals surface area (Å²) in [5.41, 5.74) is -1.09. The van der Waals surface area contributed by atoms with Crippen molar-refractivity contribution in [3.8, 4) is 45.3 Å². The Hall–Kier alpha value is -4.82. The molecule has 0 spiro atoms. The Morgan fingerprint density at radius 2 is 1.08 bits per heavy atom. The summed E-state index contributed by atoms with van der Waals surface area (Å²) >= 11 is 0. The van der Waals surface area contributed by atoms with Gasteiger partial charge in [-0.05, 0) is 79.7 Å². The molecule has 3 N–H and O–H groups in total. The molecule has 0 unspecified atom stereocenters. The summed E-state index contributed by atoms with van der Waals surface area (Å²) in [6.45, 7) is 1.72. The quantitative estimate of drug-likeness (QED) is 0.109. The molecule has 14 nitrogen and oxygen atoms in total. The first-order valence-corrected chi connectivity index (χ1v) is 19.7. The molecule has 0 aliphatic heterocycles. The van der Waals surface area contributed by atoms with Gasteiger partial charge in [0.1, 0.15) is 31.9 Å². The lowest BCUT2D eigenvalue weighted by Gasteiger charge is -2.19. The van der Waals surface area contributed by atoms with Crippen LogP contribution >= 0.6 is 0 Å². The summed E-state index contributed by atoms with van der Waals surface area (Å²) in [5.74, 6) is -0.580. The van der Waals surface area contributed by atoms with Crippen LogP contribution in [0.1, 0.15) is 5.56 Å². The maximum absolute atomic E-state index is 13.2. The van der Waals surface area contributed by atoms with Gasteiger partial charge < -0.3 is 13.7 Å². The molecule has 0 aliphatic rings. The van der Waals surface area contributed by atoms with Gasteiger partial charge in [0, 0.05) is 22.3 Å². The van der Waals surface area contributed by atoms with Crippen molar-refractivity contribution < 1.29 is 61.0 Å². The molecule has 0 aliphatic carbocycles. The number of rotatable bonds is 11. The van der Waals surface area contributed by atoms with E-state index in [4.69, 9.17) is 13.7 Å². The lowest BCUT2D eigenvalue weighted by atomic mass is 9.98. The second-order valence-corrected chi connectivity index (χ2v) is 16.3. The first-order chi connectivity index (χ1) is 23.3. The number of benzene rings is 5. The number of aryl methyl sites for hydroxylation is 1. The molecule has 5 rings (SSSR count). The topological polar surface area (TPSA) is 225 Å². The van der Waals surface area contributed by atoms with Gasteiger partial charge in [-0.3, -0.25) is 13.7 Å². The van der Waals surface area contributed by atoms with Crippen LogP contribution in [0.3, 0.4) is 0 Å². The van der Waals surface area contributed by atoms with E-state index in [0.29, 0.717) is 5.75 Å². The standard InChI is InChI=1S/C32H26O14S4/c1-20-8-11-23(12-9-20)50(42,43)46-29-14-13-24(47(33,34)35)17-25(29)26-19-32(49(39,40)41)28(18-30(26)44-2)27-16-22(10-15-31(27)48(36,37)38)45-21-6-4-3-5-7-21/h3-19H,1-2H3,(H,33,34,35)(H,36,37,38)(H,39,40,41). The average Bonchev–Trinajstić information content (AvgIpc) is 3.03. The van der Waals surface area contributed by atoms with Gasteiger partial charge in [-0.1, -0.05) is 35.9 Å². The highest BCUT2D eigenvalue weighted by atomic mass is 32.2. The van der Waals surface area contributed by atoms with E-state index in [0.717, 1.165) is 55.1 Å². The molecule has 0 saturated heterocycles. The predicted octanol–water partition coefficient (Wildman–Crippen LogP) is 5.64. The van der Waals surface area contributed by atoms with Gasteiger partial charge in [-0.15, -0.1) is 0 Å². The highest BCUT2D eigenvalue weighted by molar-refractivity contribution is 7.87. The van der Waals surface area contributed by atoms with Crippen molar-refractivity contribution in [2.75, 3.05) is 7.11 Å². The average molecular weight is 763 g/mol. The lowest BCUT2D eigenvalue weighted by molar-refractivity contribution is 0.415. The highest BCUT2D eigenvalue weighted by Gasteiger charge is 2.29. The van der Waals surface area contributed by atoms with Crippen LogP contribution in [0.2, 0.25) is 0 Å². The third-order valence-corrected chi connectivity index (χ3v) is 11.0. The van der Waals surface area contributed by atoms with Crippen molar-refractivity contribution in [3.63, 3.8) is 0 Å². The summed E-state index contributed by atoms with van der Waals surface area (Å²) in [4.78, 5) is -2.82. The number of hydrogen-bond donors (Lipinski definition) is 3. The molecule has 0 saturated carbocycles. The number of methoxy groups -OCH3 is 1. The molecule has 0 aromatic heterocycles. The Morgan fingerprint density at radius 3 is 1.66 bits per heavy atom. The molecule has 0 fully saturated rings. The molecular formula is C32H26O14S4. The fourth-order valence-electron chi connectivity index (χ4n) is 4.82. The van der Waals surface area contributed by atoms with Crippen LogP contribution in [0.25, 0.3) is 22.3 Å². The van der Waals surface area contributed by atoms with Crippen molar-refractivity contribution in [1.29, 1.82) is 0 Å².